The molecule has 7 nitrogen and oxygen atoms in total. The Morgan fingerprint density at radius 2 is 2.43 bits per heavy atom. The first kappa shape index (κ1) is 14.7. The van der Waals surface area contributed by atoms with Gasteiger partial charge in [-0.15, -0.1) is 11.8 Å². The monoisotopic (exact) mass is 329 g/mol. The lowest BCUT2D eigenvalue weighted by Gasteiger charge is -2.43. The minimum atomic E-state index is -1.10. The highest BCUT2D eigenvalue weighted by Crippen LogP contribution is 2.54. The second kappa shape index (κ2) is 5.54. The van der Waals surface area contributed by atoms with Crippen molar-refractivity contribution in [3.05, 3.63) is 9.93 Å². The van der Waals surface area contributed by atoms with Crippen LogP contribution >= 0.6 is 23.5 Å². The molecule has 0 aromatic heterocycles. The van der Waals surface area contributed by atoms with Crippen molar-refractivity contribution in [2.45, 2.75) is 23.7 Å². The predicted molar refractivity (Wildman–Crippen MR) is 80.8 cm³/mol. The molecule has 0 bridgehead atoms. The lowest BCUT2D eigenvalue weighted by Crippen LogP contribution is -2.60. The van der Waals surface area contributed by atoms with E-state index < -0.39 is 18.0 Å². The summed E-state index contributed by atoms with van der Waals surface area (Å²) in [6.45, 7) is 2.89. The van der Waals surface area contributed by atoms with Gasteiger partial charge >= 0.3 is 5.97 Å². The number of amides is 1. The van der Waals surface area contributed by atoms with Crippen molar-refractivity contribution in [1.82, 2.24) is 10.2 Å². The number of aliphatic imine (C=N–C) groups is 1. The molecule has 1 amide bonds. The molecular weight excluding hydrogens is 314 g/mol. The van der Waals surface area contributed by atoms with Crippen LogP contribution in [0.1, 0.15) is 6.92 Å². The number of hydrogen-bond donors (Lipinski definition) is 3. The van der Waals surface area contributed by atoms with Crippen LogP contribution in [0.2, 0.25) is 0 Å². The summed E-state index contributed by atoms with van der Waals surface area (Å²) in [6.07, 6.45) is 0.873. The average molecular weight is 329 g/mol. The number of carboxylic acids is 1. The third kappa shape index (κ3) is 2.43. The molecule has 114 valence electrons. The summed E-state index contributed by atoms with van der Waals surface area (Å²) in [4.78, 5) is 29.0. The van der Waals surface area contributed by atoms with Gasteiger partial charge in [-0.1, -0.05) is 11.8 Å². The second-order valence-electron chi connectivity index (χ2n) is 5.07. The van der Waals surface area contributed by atoms with Gasteiger partial charge in [0.15, 0.2) is 5.70 Å². The zero-order valence-electron chi connectivity index (χ0n) is 11.2. The molecule has 21 heavy (non-hydrogen) atoms. The smallest absolute Gasteiger partial charge is 0.354 e. The van der Waals surface area contributed by atoms with Crippen molar-refractivity contribution in [2.24, 2.45) is 10.9 Å². The molecule has 0 aromatic rings. The van der Waals surface area contributed by atoms with Crippen LogP contribution in [0.3, 0.4) is 0 Å². The van der Waals surface area contributed by atoms with Gasteiger partial charge in [-0.05, 0) is 6.92 Å². The molecule has 1 saturated heterocycles. The van der Waals surface area contributed by atoms with Crippen LogP contribution < -0.4 is 5.32 Å². The molecule has 3 aliphatic heterocycles. The van der Waals surface area contributed by atoms with Crippen molar-refractivity contribution in [1.29, 1.82) is 0 Å². The minimum Gasteiger partial charge on any atom is -0.477 e. The Hall–Kier alpha value is -1.19. The second-order valence-corrected chi connectivity index (χ2v) is 7.76. The van der Waals surface area contributed by atoms with Gasteiger partial charge in [0.1, 0.15) is 5.37 Å². The topological polar surface area (TPSA) is 102 Å². The molecule has 0 saturated carbocycles. The summed E-state index contributed by atoms with van der Waals surface area (Å²) in [5.41, 5.74) is 0.0476. The fraction of sp³-hybridized carbons (Fsp3) is 0.583. The van der Waals surface area contributed by atoms with E-state index >= 15 is 0 Å². The van der Waals surface area contributed by atoms with Gasteiger partial charge < -0.3 is 15.5 Å². The third-order valence-electron chi connectivity index (χ3n) is 3.58. The van der Waals surface area contributed by atoms with Crippen LogP contribution in [0.25, 0.3) is 0 Å². The number of aliphatic carboxylic acids is 1. The van der Waals surface area contributed by atoms with E-state index in [1.165, 1.54) is 28.4 Å². The molecule has 3 rings (SSSR count). The maximum atomic E-state index is 12.0. The Morgan fingerprint density at radius 3 is 3.00 bits per heavy atom. The van der Waals surface area contributed by atoms with Gasteiger partial charge in [0.25, 0.3) is 0 Å². The zero-order chi connectivity index (χ0) is 15.1. The van der Waals surface area contributed by atoms with Crippen LogP contribution in [0.4, 0.5) is 0 Å². The molecular formula is C12H15N3O4S2. The Balaban J connectivity index is 1.80. The Labute approximate surface area is 129 Å². The van der Waals surface area contributed by atoms with Gasteiger partial charge in [0.2, 0.25) is 5.91 Å². The van der Waals surface area contributed by atoms with E-state index in [1.54, 1.807) is 13.3 Å². The van der Waals surface area contributed by atoms with Gasteiger partial charge in [0.05, 0.1) is 29.1 Å². The number of carboxylic acid groups (broad SMARTS) is 1. The van der Waals surface area contributed by atoms with Crippen LogP contribution in [0.15, 0.2) is 14.9 Å². The summed E-state index contributed by atoms with van der Waals surface area (Å²) in [5, 5.41) is 21.9. The Bertz CT molecular complexity index is 549. The van der Waals surface area contributed by atoms with E-state index in [4.69, 9.17) is 0 Å². The number of hydrogen-bond acceptors (Lipinski definition) is 7. The van der Waals surface area contributed by atoms with Crippen LogP contribution in [-0.2, 0) is 9.59 Å². The number of rotatable bonds is 4. The van der Waals surface area contributed by atoms with Gasteiger partial charge in [-0.3, -0.25) is 14.7 Å². The number of aliphatic hydroxyl groups is 1. The summed E-state index contributed by atoms with van der Waals surface area (Å²) >= 11 is 2.80. The lowest BCUT2D eigenvalue weighted by molar-refractivity contribution is -0.156. The van der Waals surface area contributed by atoms with Crippen molar-refractivity contribution in [3.63, 3.8) is 0 Å². The van der Waals surface area contributed by atoms with E-state index in [0.717, 1.165) is 0 Å². The summed E-state index contributed by atoms with van der Waals surface area (Å²) < 4.78 is 0.632. The predicted octanol–water partition coefficient (Wildman–Crippen LogP) is -0.115. The maximum absolute atomic E-state index is 12.0. The third-order valence-corrected chi connectivity index (χ3v) is 6.37. The molecule has 4 atom stereocenters. The van der Waals surface area contributed by atoms with E-state index in [0.29, 0.717) is 17.3 Å². The largest absolute Gasteiger partial charge is 0.477 e. The van der Waals surface area contributed by atoms with Crippen LogP contribution in [-0.4, -0.2) is 63.1 Å². The highest BCUT2D eigenvalue weighted by molar-refractivity contribution is 8.23. The number of carbonyl (C=O) groups is 2. The van der Waals surface area contributed by atoms with Crippen LogP contribution in [0, 0.1) is 5.92 Å². The number of nitrogens with one attached hydrogen (secondary N) is 1. The van der Waals surface area contributed by atoms with Crippen molar-refractivity contribution < 1.29 is 19.8 Å². The molecule has 0 aromatic carbocycles. The standard InChI is InChI=1S/C12H15N3O4S2/c1-5(16)7-9(17)15-8(11(18)19)12(21-10(7)15)20-6-2-13-4-14-3-6/h4-7,10,16H,2-3H2,1H3,(H,13,14)(H,18,19)/t5-,7+,10-/m1/s1. The number of thioether (sulfide) groups is 2. The molecule has 1 unspecified atom stereocenters. The normalized spacial score (nSPS) is 32.6. The van der Waals surface area contributed by atoms with E-state index in [2.05, 4.69) is 10.3 Å². The first-order valence-corrected chi connectivity index (χ1v) is 8.30. The first-order chi connectivity index (χ1) is 10.0. The number of nitrogens with zero attached hydrogens (tertiary/aromatic N) is 2. The molecule has 9 heteroatoms. The van der Waals surface area contributed by atoms with Gasteiger partial charge in [-0.2, -0.15) is 0 Å². The maximum Gasteiger partial charge on any atom is 0.354 e. The lowest BCUT2D eigenvalue weighted by atomic mass is 9.92. The number of fused-ring (bicyclic) bond motifs is 1. The summed E-state index contributed by atoms with van der Waals surface area (Å²) in [5.74, 6) is -1.93. The molecule has 3 aliphatic rings. The van der Waals surface area contributed by atoms with Crippen LogP contribution in [0.5, 0.6) is 0 Å². The van der Waals surface area contributed by atoms with E-state index in [9.17, 15) is 19.8 Å². The molecule has 0 spiro atoms. The Kier molecular flexibility index (Phi) is 3.89. The number of aliphatic hydroxyl groups excluding tert-OH is 1. The zero-order valence-corrected chi connectivity index (χ0v) is 12.9. The van der Waals surface area contributed by atoms with Gasteiger partial charge in [0, 0.05) is 11.8 Å². The number of β-lactam (4-membered cyclic amide) rings is 1. The fourth-order valence-corrected chi connectivity index (χ4v) is 5.73. The van der Waals surface area contributed by atoms with Crippen molar-refractivity contribution >= 4 is 41.7 Å². The summed E-state index contributed by atoms with van der Waals surface area (Å²) in [7, 11) is 0. The minimum absolute atomic E-state index is 0.0476. The number of carbonyl (C=O) groups excluding carboxylic acids is 1. The van der Waals surface area contributed by atoms with Crippen molar-refractivity contribution in [2.75, 3.05) is 13.1 Å². The van der Waals surface area contributed by atoms with E-state index in [1.807, 2.05) is 0 Å². The molecule has 3 N–H and O–H groups in total. The highest BCUT2D eigenvalue weighted by Gasteiger charge is 2.57. The SMILES string of the molecule is C[C@@H](O)[C@H]1C(=O)N2C(C(=O)O)=C(SC3CN=CNC3)S[C@H]12. The quantitative estimate of drug-likeness (QED) is 0.618. The molecule has 1 fully saturated rings. The molecule has 3 heterocycles. The molecule has 0 radical (unpaired) electrons. The Morgan fingerprint density at radius 1 is 1.67 bits per heavy atom. The fourth-order valence-electron chi connectivity index (χ4n) is 2.55. The van der Waals surface area contributed by atoms with E-state index in [-0.39, 0.29) is 22.2 Å². The molecule has 0 aliphatic carbocycles. The summed E-state index contributed by atoms with van der Waals surface area (Å²) in [6, 6.07) is 0. The average Bonchev–Trinajstić information content (AvgIpc) is 2.74. The highest BCUT2D eigenvalue weighted by atomic mass is 32.2. The van der Waals surface area contributed by atoms with Gasteiger partial charge in [-0.25, -0.2) is 4.79 Å². The van der Waals surface area contributed by atoms with Crippen molar-refractivity contribution in [3.8, 4) is 0 Å². The first-order valence-electron chi connectivity index (χ1n) is 6.54.